The van der Waals surface area contributed by atoms with Gasteiger partial charge in [-0.15, -0.1) is 10.2 Å². The molecule has 0 unspecified atom stereocenters. The molecule has 0 radical (unpaired) electrons. The molecule has 9 heteroatoms. The van der Waals surface area contributed by atoms with E-state index in [9.17, 15) is 9.59 Å². The predicted molar refractivity (Wildman–Crippen MR) is 114 cm³/mol. The summed E-state index contributed by atoms with van der Waals surface area (Å²) in [5, 5.41) is 13.1. The molecule has 2 bridgehead atoms. The van der Waals surface area contributed by atoms with E-state index in [4.69, 9.17) is 5.10 Å². The SMILES string of the molecule is CN(C)C(=O)[C@H]1[C@H]2C[C@H](CN(c3cc(C4CC4)nn4cnnc34)C2)c2cccc(=O)n21. The number of fused-ring (bicyclic) bond motifs is 5. The lowest BCUT2D eigenvalue weighted by atomic mass is 9.78. The van der Waals surface area contributed by atoms with Gasteiger partial charge in [0.15, 0.2) is 0 Å². The molecular formula is C22H25N7O2. The van der Waals surface area contributed by atoms with Crippen LogP contribution >= 0.6 is 0 Å². The summed E-state index contributed by atoms with van der Waals surface area (Å²) < 4.78 is 3.52. The second kappa shape index (κ2) is 6.63. The second-order valence-corrected chi connectivity index (χ2v) is 9.26. The van der Waals surface area contributed by atoms with Gasteiger partial charge in [-0.25, -0.2) is 0 Å². The van der Waals surface area contributed by atoms with E-state index in [0.717, 1.165) is 35.7 Å². The predicted octanol–water partition coefficient (Wildman–Crippen LogP) is 1.42. The third-order valence-electron chi connectivity index (χ3n) is 6.94. The fourth-order valence-corrected chi connectivity index (χ4v) is 5.35. The minimum absolute atomic E-state index is 0.0270. The van der Waals surface area contributed by atoms with E-state index >= 15 is 0 Å². The van der Waals surface area contributed by atoms with Crippen LogP contribution in [0.5, 0.6) is 0 Å². The van der Waals surface area contributed by atoms with Crippen LogP contribution in [0.4, 0.5) is 5.69 Å². The molecule has 160 valence electrons. The van der Waals surface area contributed by atoms with Crippen LogP contribution in [0.1, 0.15) is 48.5 Å². The lowest BCUT2D eigenvalue weighted by molar-refractivity contribution is -0.134. The number of aromatic nitrogens is 5. The van der Waals surface area contributed by atoms with Crippen molar-refractivity contribution in [3.05, 3.63) is 52.3 Å². The average Bonchev–Trinajstić information content (AvgIpc) is 3.50. The van der Waals surface area contributed by atoms with Gasteiger partial charge in [-0.3, -0.25) is 14.2 Å². The van der Waals surface area contributed by atoms with Crippen LogP contribution in [0.3, 0.4) is 0 Å². The van der Waals surface area contributed by atoms with E-state index in [1.807, 2.05) is 6.07 Å². The van der Waals surface area contributed by atoms with Crippen LogP contribution in [0, 0.1) is 5.92 Å². The van der Waals surface area contributed by atoms with Gasteiger partial charge < -0.3 is 9.80 Å². The highest BCUT2D eigenvalue weighted by atomic mass is 16.2. The Morgan fingerprint density at radius 1 is 1.16 bits per heavy atom. The standard InChI is InChI=1S/C22H25N7O2/c1-26(2)22(31)20-15-8-14(17-4-3-5-19(30)29(17)20)10-27(11-15)18-9-16(13-6-7-13)25-28-12-23-24-21(18)28/h3-5,9,12-15,20H,6-8,10-11H2,1-2H3/t14-,15+,20-/m1/s1. The minimum Gasteiger partial charge on any atom is -0.367 e. The van der Waals surface area contributed by atoms with E-state index in [-0.39, 0.29) is 23.3 Å². The first-order chi connectivity index (χ1) is 15.0. The number of piperidine rings is 1. The first-order valence-corrected chi connectivity index (χ1v) is 10.9. The number of nitrogens with zero attached hydrogens (tertiary/aromatic N) is 7. The number of hydrogen-bond acceptors (Lipinski definition) is 6. The highest BCUT2D eigenvalue weighted by Gasteiger charge is 2.44. The van der Waals surface area contributed by atoms with Gasteiger partial charge in [-0.1, -0.05) is 6.07 Å². The van der Waals surface area contributed by atoms with Gasteiger partial charge >= 0.3 is 0 Å². The summed E-state index contributed by atoms with van der Waals surface area (Å²) in [5.74, 6) is 0.708. The molecule has 5 heterocycles. The van der Waals surface area contributed by atoms with E-state index in [2.05, 4.69) is 21.2 Å². The number of carbonyl (C=O) groups excluding carboxylic acids is 1. The molecule has 2 fully saturated rings. The van der Waals surface area contributed by atoms with E-state index in [1.165, 1.54) is 12.8 Å². The van der Waals surface area contributed by atoms with Crippen LogP contribution < -0.4 is 10.5 Å². The lowest BCUT2D eigenvalue weighted by Gasteiger charge is -2.47. The van der Waals surface area contributed by atoms with E-state index < -0.39 is 6.04 Å². The first kappa shape index (κ1) is 18.5. The Balaban J connectivity index is 1.47. The Kier molecular flexibility index (Phi) is 3.97. The highest BCUT2D eigenvalue weighted by molar-refractivity contribution is 5.81. The smallest absolute Gasteiger partial charge is 0.251 e. The quantitative estimate of drug-likeness (QED) is 0.638. The summed E-state index contributed by atoms with van der Waals surface area (Å²) in [6.07, 6.45) is 4.89. The fourth-order valence-electron chi connectivity index (χ4n) is 5.35. The van der Waals surface area contributed by atoms with Crippen LogP contribution in [0.15, 0.2) is 35.4 Å². The molecular weight excluding hydrogens is 394 g/mol. The lowest BCUT2D eigenvalue weighted by Crippen LogP contribution is -2.53. The normalized spacial score (nSPS) is 24.8. The molecule has 9 nitrogen and oxygen atoms in total. The molecule has 3 aromatic rings. The molecule has 3 atom stereocenters. The summed E-state index contributed by atoms with van der Waals surface area (Å²) >= 11 is 0. The van der Waals surface area contributed by atoms with E-state index in [0.29, 0.717) is 12.5 Å². The largest absolute Gasteiger partial charge is 0.367 e. The summed E-state index contributed by atoms with van der Waals surface area (Å²) in [7, 11) is 3.51. The van der Waals surface area contributed by atoms with Crippen LogP contribution in [0.25, 0.3) is 5.65 Å². The van der Waals surface area contributed by atoms with Gasteiger partial charge in [0.2, 0.25) is 11.6 Å². The van der Waals surface area contributed by atoms with Crippen molar-refractivity contribution in [1.29, 1.82) is 0 Å². The number of anilines is 1. The summed E-state index contributed by atoms with van der Waals surface area (Å²) in [5.41, 5.74) is 3.69. The van der Waals surface area contributed by atoms with Crippen molar-refractivity contribution in [2.45, 2.75) is 37.1 Å². The summed E-state index contributed by atoms with van der Waals surface area (Å²) in [4.78, 5) is 29.9. The van der Waals surface area contributed by atoms with E-state index in [1.54, 1.807) is 46.5 Å². The molecule has 1 aliphatic carbocycles. The van der Waals surface area contributed by atoms with Gasteiger partial charge in [0.25, 0.3) is 5.56 Å². The van der Waals surface area contributed by atoms with Crippen molar-refractivity contribution >= 4 is 17.2 Å². The third-order valence-corrected chi connectivity index (χ3v) is 6.94. The number of amides is 1. The Hall–Kier alpha value is -3.23. The second-order valence-electron chi connectivity index (χ2n) is 9.26. The number of carbonyl (C=O) groups is 1. The van der Waals surface area contributed by atoms with Gasteiger partial charge in [0.1, 0.15) is 12.4 Å². The Morgan fingerprint density at radius 2 is 2.00 bits per heavy atom. The van der Waals surface area contributed by atoms with Crippen molar-refractivity contribution in [3.8, 4) is 0 Å². The van der Waals surface area contributed by atoms with Crippen LogP contribution in [0.2, 0.25) is 0 Å². The molecule has 1 saturated carbocycles. The third kappa shape index (κ3) is 2.86. The first-order valence-electron chi connectivity index (χ1n) is 10.9. The zero-order valence-electron chi connectivity index (χ0n) is 17.7. The number of likely N-dealkylation sites (N-methyl/N-ethyl adjacent to an activating group) is 1. The molecule has 3 aromatic heterocycles. The van der Waals surface area contributed by atoms with Crippen molar-refractivity contribution < 1.29 is 4.79 Å². The van der Waals surface area contributed by atoms with Gasteiger partial charge in [0.05, 0.1) is 11.4 Å². The summed E-state index contributed by atoms with van der Waals surface area (Å²) in [6, 6.07) is 7.03. The Labute approximate surface area is 179 Å². The fraction of sp³-hybridized carbons (Fsp3) is 0.500. The molecule has 6 rings (SSSR count). The number of pyridine rings is 1. The molecule has 0 N–H and O–H groups in total. The highest BCUT2D eigenvalue weighted by Crippen LogP contribution is 2.45. The van der Waals surface area contributed by atoms with Crippen molar-refractivity contribution in [1.82, 2.24) is 29.3 Å². The van der Waals surface area contributed by atoms with Gasteiger partial charge in [0, 0.05) is 56.7 Å². The molecule has 1 amide bonds. The van der Waals surface area contributed by atoms with Crippen molar-refractivity contribution in [3.63, 3.8) is 0 Å². The average molecular weight is 419 g/mol. The van der Waals surface area contributed by atoms with Crippen molar-refractivity contribution in [2.75, 3.05) is 32.1 Å². The zero-order chi connectivity index (χ0) is 21.3. The maximum Gasteiger partial charge on any atom is 0.251 e. The van der Waals surface area contributed by atoms with Crippen LogP contribution in [-0.2, 0) is 4.79 Å². The molecule has 31 heavy (non-hydrogen) atoms. The van der Waals surface area contributed by atoms with Gasteiger partial charge in [-0.2, -0.15) is 9.61 Å². The molecule has 3 aliphatic rings. The molecule has 0 spiro atoms. The number of hydrogen-bond donors (Lipinski definition) is 0. The van der Waals surface area contributed by atoms with Crippen molar-refractivity contribution in [2.24, 2.45) is 5.92 Å². The maximum atomic E-state index is 13.2. The summed E-state index contributed by atoms with van der Waals surface area (Å²) in [6.45, 7) is 1.47. The zero-order valence-corrected chi connectivity index (χ0v) is 17.7. The van der Waals surface area contributed by atoms with Gasteiger partial charge in [-0.05, 0) is 31.4 Å². The minimum atomic E-state index is -0.489. The van der Waals surface area contributed by atoms with Crippen LogP contribution in [-0.4, -0.2) is 62.4 Å². The monoisotopic (exact) mass is 419 g/mol. The molecule has 0 aromatic carbocycles. The molecule has 1 saturated heterocycles. The topological polar surface area (TPSA) is 88.6 Å². The molecule has 2 aliphatic heterocycles. The number of rotatable bonds is 3. The Morgan fingerprint density at radius 3 is 2.77 bits per heavy atom. The Bertz CT molecular complexity index is 1240. The maximum absolute atomic E-state index is 13.2.